The third-order valence-corrected chi connectivity index (χ3v) is 10.7. The van der Waals surface area contributed by atoms with Crippen molar-refractivity contribution in [3.8, 4) is 0 Å². The summed E-state index contributed by atoms with van der Waals surface area (Å²) >= 11 is 0. The van der Waals surface area contributed by atoms with Gasteiger partial charge < -0.3 is 41.3 Å². The van der Waals surface area contributed by atoms with Crippen LogP contribution in [0.1, 0.15) is 87.1 Å². The SMILES string of the molecule is C/C=C/C[C@@H](C)[C@@H](O)[C@H](NC)C(=O)[C@](C)(C(=O)OCc1ccccc1)N(C(=O)C(N)CC)C(=O)[C@H](C)N(C)C(=O)[C@@H](NC(=O)[C@H](CC(C)C)N(C)C(=O)CNC)C(C)C. The lowest BCUT2D eigenvalue weighted by molar-refractivity contribution is -0.177. The van der Waals surface area contributed by atoms with Crippen molar-refractivity contribution in [3.05, 3.63) is 48.0 Å². The number of aliphatic hydroxyl groups excluding tert-OH is 1. The van der Waals surface area contributed by atoms with Gasteiger partial charge in [0.25, 0.3) is 5.91 Å². The van der Waals surface area contributed by atoms with Crippen LogP contribution in [0.5, 0.6) is 0 Å². The number of ketones is 1. The normalized spacial score (nSPS) is 16.2. The predicted octanol–water partition coefficient (Wildman–Crippen LogP) is 1.78. The highest BCUT2D eigenvalue weighted by molar-refractivity contribution is 6.18. The van der Waals surface area contributed by atoms with Crippen LogP contribution >= 0.6 is 0 Å². The molecular weight excluding hydrogens is 759 g/mol. The molecule has 5 amide bonds. The number of aliphatic hydroxyl groups is 1. The van der Waals surface area contributed by atoms with E-state index in [2.05, 4.69) is 16.0 Å². The van der Waals surface area contributed by atoms with Gasteiger partial charge in [-0.15, -0.1) is 0 Å². The Balaban J connectivity index is 3.87. The molecule has 0 fully saturated rings. The third-order valence-electron chi connectivity index (χ3n) is 10.7. The van der Waals surface area contributed by atoms with Gasteiger partial charge in [-0.2, -0.15) is 0 Å². The van der Waals surface area contributed by atoms with Crippen LogP contribution < -0.4 is 21.7 Å². The van der Waals surface area contributed by atoms with Gasteiger partial charge in [0, 0.05) is 14.1 Å². The van der Waals surface area contributed by atoms with Crippen LogP contribution in [-0.4, -0.2) is 138 Å². The van der Waals surface area contributed by atoms with Gasteiger partial charge in [-0.25, -0.2) is 4.79 Å². The van der Waals surface area contributed by atoms with E-state index in [1.807, 2.05) is 26.8 Å². The Hall–Kier alpha value is -4.51. The summed E-state index contributed by atoms with van der Waals surface area (Å²) in [5.41, 5.74) is 4.11. The van der Waals surface area contributed by atoms with Gasteiger partial charge in [-0.05, 0) is 77.4 Å². The maximum absolute atomic E-state index is 14.9. The zero-order chi connectivity index (χ0) is 45.4. The number of likely N-dealkylation sites (N-methyl/N-ethyl adjacent to an activating group) is 4. The Bertz CT molecular complexity index is 1600. The molecule has 0 saturated carbocycles. The van der Waals surface area contributed by atoms with E-state index in [9.17, 15) is 38.7 Å². The molecule has 1 aromatic rings. The van der Waals surface area contributed by atoms with Gasteiger partial charge >= 0.3 is 5.97 Å². The number of nitrogens with two attached hydrogens (primary N) is 1. The molecule has 0 aromatic heterocycles. The van der Waals surface area contributed by atoms with Crippen LogP contribution in [0.2, 0.25) is 0 Å². The number of carbonyl (C=O) groups is 7. The number of esters is 1. The van der Waals surface area contributed by atoms with Crippen LogP contribution in [0.4, 0.5) is 0 Å². The summed E-state index contributed by atoms with van der Waals surface area (Å²) in [6.45, 7) is 14.4. The number of hydrogen-bond acceptors (Lipinski definition) is 12. The molecule has 0 aliphatic heterocycles. The number of imide groups is 1. The highest BCUT2D eigenvalue weighted by Gasteiger charge is 2.57. The zero-order valence-corrected chi connectivity index (χ0v) is 37.4. The largest absolute Gasteiger partial charge is 0.459 e. The molecule has 1 aromatic carbocycles. The average Bonchev–Trinajstić information content (AvgIpc) is 3.21. The lowest BCUT2D eigenvalue weighted by Gasteiger charge is -2.42. The summed E-state index contributed by atoms with van der Waals surface area (Å²) in [6.07, 6.45) is 2.90. The molecule has 0 saturated heterocycles. The molecule has 1 rings (SSSR count). The molecule has 6 N–H and O–H groups in total. The second kappa shape index (κ2) is 24.5. The Morgan fingerprint density at radius 1 is 0.898 bits per heavy atom. The van der Waals surface area contributed by atoms with E-state index in [0.29, 0.717) is 23.3 Å². The van der Waals surface area contributed by atoms with Crippen molar-refractivity contribution >= 4 is 41.3 Å². The zero-order valence-electron chi connectivity index (χ0n) is 37.4. The van der Waals surface area contributed by atoms with Crippen molar-refractivity contribution in [2.24, 2.45) is 23.5 Å². The fourth-order valence-electron chi connectivity index (χ4n) is 6.50. The number of benzene rings is 1. The number of amides is 5. The first-order valence-electron chi connectivity index (χ1n) is 20.4. The maximum atomic E-state index is 14.9. The van der Waals surface area contributed by atoms with Gasteiger partial charge in [-0.3, -0.25) is 33.7 Å². The fourth-order valence-corrected chi connectivity index (χ4v) is 6.50. The number of nitrogens with zero attached hydrogens (tertiary/aromatic N) is 3. The van der Waals surface area contributed by atoms with Crippen molar-refractivity contribution in [2.75, 3.05) is 34.7 Å². The van der Waals surface area contributed by atoms with Crippen molar-refractivity contribution in [3.63, 3.8) is 0 Å². The first kappa shape index (κ1) is 52.5. The Morgan fingerprint density at radius 2 is 1.49 bits per heavy atom. The minimum Gasteiger partial charge on any atom is -0.459 e. The van der Waals surface area contributed by atoms with Crippen LogP contribution in [0.3, 0.4) is 0 Å². The average molecular weight is 830 g/mol. The van der Waals surface area contributed by atoms with Gasteiger partial charge in [-0.1, -0.05) is 84.0 Å². The summed E-state index contributed by atoms with van der Waals surface area (Å²) in [6, 6.07) is 2.12. The van der Waals surface area contributed by atoms with E-state index < -0.39 is 89.1 Å². The van der Waals surface area contributed by atoms with E-state index in [4.69, 9.17) is 10.5 Å². The summed E-state index contributed by atoms with van der Waals surface area (Å²) in [5, 5.41) is 19.8. The number of hydrogen-bond donors (Lipinski definition) is 5. The number of carbonyl (C=O) groups excluding carboxylic acids is 7. The van der Waals surface area contributed by atoms with E-state index in [0.717, 1.165) is 11.8 Å². The summed E-state index contributed by atoms with van der Waals surface area (Å²) in [7, 11) is 5.84. The third kappa shape index (κ3) is 13.8. The van der Waals surface area contributed by atoms with Gasteiger partial charge in [0.05, 0.1) is 24.7 Å². The predicted molar refractivity (Wildman–Crippen MR) is 226 cm³/mol. The maximum Gasteiger partial charge on any atom is 0.340 e. The molecule has 0 spiro atoms. The molecule has 59 heavy (non-hydrogen) atoms. The number of ether oxygens (including phenoxy) is 1. The number of nitrogens with one attached hydrogen (secondary N) is 3. The van der Waals surface area contributed by atoms with E-state index in [1.165, 1.54) is 33.0 Å². The molecule has 0 aliphatic carbocycles. The number of rotatable bonds is 24. The van der Waals surface area contributed by atoms with Gasteiger partial charge in [0.2, 0.25) is 29.2 Å². The lowest BCUT2D eigenvalue weighted by atomic mass is 9.82. The number of Topliss-reactive ketones (excluding diaryl/α,β-unsaturated/α-hetero) is 1. The summed E-state index contributed by atoms with van der Waals surface area (Å²) in [4.78, 5) is 102. The quantitative estimate of drug-likeness (QED) is 0.0572. The minimum absolute atomic E-state index is 0.00530. The number of allylic oxidation sites excluding steroid dienone is 2. The Kier molecular flexibility index (Phi) is 21.8. The molecule has 8 atom stereocenters. The molecule has 0 aliphatic rings. The first-order chi connectivity index (χ1) is 27.6. The molecule has 0 bridgehead atoms. The van der Waals surface area contributed by atoms with Crippen LogP contribution in [-0.2, 0) is 44.9 Å². The monoisotopic (exact) mass is 830 g/mol. The second-order valence-corrected chi connectivity index (χ2v) is 16.1. The molecule has 0 radical (unpaired) electrons. The molecule has 1 unspecified atom stereocenters. The van der Waals surface area contributed by atoms with Gasteiger partial charge in [0.1, 0.15) is 24.7 Å². The topological polar surface area (TPSA) is 221 Å². The molecule has 0 heterocycles. The summed E-state index contributed by atoms with van der Waals surface area (Å²) in [5.74, 6) is -7.13. The minimum atomic E-state index is -2.71. The van der Waals surface area contributed by atoms with Crippen molar-refractivity contribution in [1.82, 2.24) is 30.7 Å². The highest BCUT2D eigenvalue weighted by Crippen LogP contribution is 2.28. The Labute approximate surface area is 351 Å². The van der Waals surface area contributed by atoms with Crippen LogP contribution in [0.15, 0.2) is 42.5 Å². The molecular formula is C43H71N7O9. The van der Waals surface area contributed by atoms with E-state index >= 15 is 0 Å². The second-order valence-electron chi connectivity index (χ2n) is 16.1. The van der Waals surface area contributed by atoms with Crippen molar-refractivity contribution in [1.29, 1.82) is 0 Å². The Morgan fingerprint density at radius 3 is 1.98 bits per heavy atom. The smallest absolute Gasteiger partial charge is 0.340 e. The molecule has 16 nitrogen and oxygen atoms in total. The van der Waals surface area contributed by atoms with Gasteiger partial charge in [0.15, 0.2) is 5.78 Å². The van der Waals surface area contributed by atoms with Crippen LogP contribution in [0, 0.1) is 17.8 Å². The van der Waals surface area contributed by atoms with Crippen molar-refractivity contribution in [2.45, 2.75) is 130 Å². The summed E-state index contributed by atoms with van der Waals surface area (Å²) < 4.78 is 5.68. The molecule has 16 heteroatoms. The van der Waals surface area contributed by atoms with E-state index in [1.54, 1.807) is 71.2 Å². The highest BCUT2D eigenvalue weighted by atomic mass is 16.5. The molecule has 332 valence electrons. The standard InChI is InChI=1S/C43H71N7O9/c1-14-16-20-28(7)36(52)35(46-11)37(53)43(9,42(58)59-25-30-21-18-17-19-22-30)50(40(56)31(44)15-2)39(55)29(8)48(12)41(57)34(27(5)6)47-38(54)32(23-26(3)4)49(13)33(51)24-45-10/h14,16-19,21-22,26-29,31-32,34-36,45-46,52H,15,20,23-25,44H2,1-13H3,(H,47,54)/b16-14+/t28-,29+,31?,32+,34+,35+,36-,43-/m1/s1. The van der Waals surface area contributed by atoms with Crippen molar-refractivity contribution < 1.29 is 43.4 Å². The van der Waals surface area contributed by atoms with E-state index in [-0.39, 0.29) is 31.4 Å². The first-order valence-corrected chi connectivity index (χ1v) is 20.4. The van der Waals surface area contributed by atoms with Crippen LogP contribution in [0.25, 0.3) is 0 Å². The lowest BCUT2D eigenvalue weighted by Crippen LogP contribution is -2.71. The fraction of sp³-hybridized carbons (Fsp3) is 0.651.